The molecule has 15 heavy (non-hydrogen) atoms. The van der Waals surface area contributed by atoms with E-state index in [0.717, 1.165) is 5.57 Å². The predicted octanol–water partition coefficient (Wildman–Crippen LogP) is 0.972. The first-order valence-electron chi connectivity index (χ1n) is 4.64. The van der Waals surface area contributed by atoms with Crippen molar-refractivity contribution in [1.82, 2.24) is 14.9 Å². The van der Waals surface area contributed by atoms with E-state index in [2.05, 4.69) is 9.97 Å². The number of aromatic amines is 1. The van der Waals surface area contributed by atoms with Gasteiger partial charge in [0.15, 0.2) is 5.69 Å². The quantitative estimate of drug-likeness (QED) is 0.578. The Labute approximate surface area is 86.8 Å². The number of imidazole rings is 1. The molecule has 1 aromatic heterocycles. The normalized spacial score (nSPS) is 14.4. The van der Waals surface area contributed by atoms with E-state index in [9.17, 15) is 9.59 Å². The summed E-state index contributed by atoms with van der Waals surface area (Å²) in [5, 5.41) is 0. The third kappa shape index (κ3) is 1.45. The number of fused-ring (bicyclic) bond motifs is 1. The van der Waals surface area contributed by atoms with Crippen LogP contribution in [0.5, 0.6) is 0 Å². The number of aromatic nitrogens is 2. The minimum absolute atomic E-state index is 0.224. The number of amides is 2. The van der Waals surface area contributed by atoms with Crippen LogP contribution in [0.25, 0.3) is 0 Å². The van der Waals surface area contributed by atoms with Crippen LogP contribution in [0.3, 0.4) is 0 Å². The first-order chi connectivity index (χ1) is 7.11. The fraction of sp³-hybridized carbons (Fsp3) is 0.300. The molecule has 0 saturated carbocycles. The number of nitrogens with zero attached hydrogens (tertiary/aromatic N) is 2. The molecule has 0 spiro atoms. The SMILES string of the molecule is CC(C)=CCN1C(=O)c2nc[nH]c2C1=O. The van der Waals surface area contributed by atoms with Gasteiger partial charge >= 0.3 is 0 Å². The van der Waals surface area contributed by atoms with E-state index in [0.29, 0.717) is 12.2 Å². The van der Waals surface area contributed by atoms with Gasteiger partial charge in [0.1, 0.15) is 5.69 Å². The van der Waals surface area contributed by atoms with Gasteiger partial charge in [-0.15, -0.1) is 0 Å². The lowest BCUT2D eigenvalue weighted by Gasteiger charge is -2.10. The Morgan fingerprint density at radius 1 is 1.47 bits per heavy atom. The summed E-state index contributed by atoms with van der Waals surface area (Å²) in [6, 6.07) is 0. The highest BCUT2D eigenvalue weighted by Gasteiger charge is 2.37. The lowest BCUT2D eigenvalue weighted by Crippen LogP contribution is -2.30. The second-order valence-corrected chi connectivity index (χ2v) is 3.63. The topological polar surface area (TPSA) is 66.1 Å². The number of imide groups is 1. The monoisotopic (exact) mass is 205 g/mol. The summed E-state index contributed by atoms with van der Waals surface area (Å²) in [7, 11) is 0. The maximum Gasteiger partial charge on any atom is 0.282 e. The number of hydrogen-bond acceptors (Lipinski definition) is 3. The van der Waals surface area contributed by atoms with Crippen molar-refractivity contribution >= 4 is 11.8 Å². The fourth-order valence-electron chi connectivity index (χ4n) is 1.41. The van der Waals surface area contributed by atoms with Gasteiger partial charge in [-0.2, -0.15) is 0 Å². The van der Waals surface area contributed by atoms with Crippen molar-refractivity contribution < 1.29 is 9.59 Å². The average Bonchev–Trinajstić information content (AvgIpc) is 2.71. The Morgan fingerprint density at radius 3 is 2.80 bits per heavy atom. The zero-order valence-corrected chi connectivity index (χ0v) is 8.57. The summed E-state index contributed by atoms with van der Waals surface area (Å²) in [6.07, 6.45) is 3.19. The molecule has 0 aromatic carbocycles. The van der Waals surface area contributed by atoms with Crippen molar-refractivity contribution in [2.75, 3.05) is 6.54 Å². The summed E-state index contributed by atoms with van der Waals surface area (Å²) in [4.78, 5) is 31.0. The Morgan fingerprint density at radius 2 is 2.20 bits per heavy atom. The Bertz CT molecular complexity index is 424. The van der Waals surface area contributed by atoms with Crippen molar-refractivity contribution in [3.05, 3.63) is 29.4 Å². The molecule has 0 saturated heterocycles. The summed E-state index contributed by atoms with van der Waals surface area (Å²) >= 11 is 0. The molecule has 78 valence electrons. The Balaban J connectivity index is 2.26. The van der Waals surface area contributed by atoms with Gasteiger partial charge in [0.25, 0.3) is 11.8 Å². The van der Waals surface area contributed by atoms with Crippen LogP contribution in [0, 0.1) is 0 Å². The van der Waals surface area contributed by atoms with Crippen molar-refractivity contribution in [1.29, 1.82) is 0 Å². The molecule has 1 aromatic rings. The minimum Gasteiger partial charge on any atom is -0.340 e. The molecule has 0 fully saturated rings. The standard InChI is InChI=1S/C10H11N3O2/c1-6(2)3-4-13-9(14)7-8(10(13)15)12-5-11-7/h3,5H,4H2,1-2H3,(H,11,12). The largest absolute Gasteiger partial charge is 0.340 e. The van der Waals surface area contributed by atoms with Gasteiger partial charge in [-0.3, -0.25) is 14.5 Å². The molecule has 0 radical (unpaired) electrons. The van der Waals surface area contributed by atoms with Crippen molar-refractivity contribution in [3.63, 3.8) is 0 Å². The van der Waals surface area contributed by atoms with Crippen LogP contribution >= 0.6 is 0 Å². The van der Waals surface area contributed by atoms with E-state index in [1.807, 2.05) is 19.9 Å². The number of carbonyl (C=O) groups is 2. The zero-order chi connectivity index (χ0) is 11.0. The molecule has 0 aliphatic carbocycles. The van der Waals surface area contributed by atoms with Gasteiger partial charge in [-0.05, 0) is 13.8 Å². The molecule has 0 bridgehead atoms. The second kappa shape index (κ2) is 3.34. The molecule has 2 heterocycles. The van der Waals surface area contributed by atoms with E-state index >= 15 is 0 Å². The van der Waals surface area contributed by atoms with Crippen LogP contribution in [0.1, 0.15) is 34.8 Å². The molecular formula is C10H11N3O2. The predicted molar refractivity (Wildman–Crippen MR) is 53.4 cm³/mol. The van der Waals surface area contributed by atoms with Gasteiger partial charge in [0.05, 0.1) is 6.33 Å². The van der Waals surface area contributed by atoms with Crippen LogP contribution in [0.4, 0.5) is 0 Å². The summed E-state index contributed by atoms with van der Waals surface area (Å²) < 4.78 is 0. The van der Waals surface area contributed by atoms with Gasteiger partial charge in [0.2, 0.25) is 0 Å². The molecule has 1 N–H and O–H groups in total. The Hall–Kier alpha value is -1.91. The second-order valence-electron chi connectivity index (χ2n) is 3.63. The summed E-state index contributed by atoms with van der Waals surface area (Å²) in [6.45, 7) is 4.15. The lowest BCUT2D eigenvalue weighted by atomic mass is 10.3. The Kier molecular flexibility index (Phi) is 2.15. The molecule has 1 aliphatic rings. The maximum atomic E-state index is 11.7. The molecule has 5 heteroatoms. The van der Waals surface area contributed by atoms with E-state index in [4.69, 9.17) is 0 Å². The molecular weight excluding hydrogens is 194 g/mol. The van der Waals surface area contributed by atoms with Crippen LogP contribution in [-0.4, -0.2) is 33.2 Å². The molecule has 2 amide bonds. The number of rotatable bonds is 2. The molecule has 0 unspecified atom stereocenters. The highest BCUT2D eigenvalue weighted by atomic mass is 16.2. The first kappa shape index (κ1) is 9.64. The highest BCUT2D eigenvalue weighted by molar-refractivity contribution is 6.19. The summed E-state index contributed by atoms with van der Waals surface area (Å²) in [5.41, 5.74) is 1.59. The van der Waals surface area contributed by atoms with Gasteiger partial charge in [0, 0.05) is 6.54 Å². The zero-order valence-electron chi connectivity index (χ0n) is 8.57. The lowest BCUT2D eigenvalue weighted by molar-refractivity contribution is 0.0667. The van der Waals surface area contributed by atoms with Gasteiger partial charge in [-0.25, -0.2) is 4.98 Å². The number of allylic oxidation sites excluding steroid dienone is 1. The van der Waals surface area contributed by atoms with E-state index in [1.54, 1.807) is 0 Å². The highest BCUT2D eigenvalue weighted by Crippen LogP contribution is 2.18. The average molecular weight is 205 g/mol. The van der Waals surface area contributed by atoms with Crippen LogP contribution < -0.4 is 0 Å². The van der Waals surface area contributed by atoms with E-state index < -0.39 is 0 Å². The van der Waals surface area contributed by atoms with Gasteiger partial charge < -0.3 is 4.98 Å². The molecule has 0 atom stereocenters. The third-order valence-corrected chi connectivity index (χ3v) is 2.23. The number of nitrogens with one attached hydrogen (secondary N) is 1. The van der Waals surface area contributed by atoms with Crippen LogP contribution in [-0.2, 0) is 0 Å². The molecule has 5 nitrogen and oxygen atoms in total. The van der Waals surface area contributed by atoms with Gasteiger partial charge in [-0.1, -0.05) is 11.6 Å². The van der Waals surface area contributed by atoms with Crippen molar-refractivity contribution in [3.8, 4) is 0 Å². The number of carbonyl (C=O) groups excluding carboxylic acids is 2. The third-order valence-electron chi connectivity index (χ3n) is 2.23. The maximum absolute atomic E-state index is 11.7. The fourth-order valence-corrected chi connectivity index (χ4v) is 1.41. The van der Waals surface area contributed by atoms with E-state index in [1.165, 1.54) is 11.2 Å². The minimum atomic E-state index is -0.325. The smallest absolute Gasteiger partial charge is 0.282 e. The van der Waals surface area contributed by atoms with Crippen molar-refractivity contribution in [2.24, 2.45) is 0 Å². The van der Waals surface area contributed by atoms with E-state index in [-0.39, 0.29) is 17.5 Å². The number of hydrogen-bond donors (Lipinski definition) is 1. The van der Waals surface area contributed by atoms with Crippen LogP contribution in [0.15, 0.2) is 18.0 Å². The molecule has 1 aliphatic heterocycles. The number of H-pyrrole nitrogens is 1. The van der Waals surface area contributed by atoms with Crippen LogP contribution in [0.2, 0.25) is 0 Å². The van der Waals surface area contributed by atoms with Crippen molar-refractivity contribution in [2.45, 2.75) is 13.8 Å². The molecule has 2 rings (SSSR count). The summed E-state index contributed by atoms with van der Waals surface area (Å²) in [5.74, 6) is -0.626. The first-order valence-corrected chi connectivity index (χ1v) is 4.64.